The Labute approximate surface area is 177 Å². The van der Waals surface area contributed by atoms with E-state index >= 15 is 0 Å². The number of H-pyrrole nitrogens is 1. The van der Waals surface area contributed by atoms with E-state index in [1.165, 1.54) is 0 Å². The van der Waals surface area contributed by atoms with Crippen molar-refractivity contribution in [1.82, 2.24) is 15.2 Å². The standard InChI is InChI=1S/C22H21BrN4O2/c23-14-5-6-18-16(11-14)17-12-20(28)27(13-21(29)26-9-7-24-8-10-26)19-4-2-1-3-15(19)22(17)25-18/h1-6,11,24-25H,7-10,12-13H2. The fraction of sp³-hybridized carbons (Fsp3) is 0.273. The van der Waals surface area contributed by atoms with Crippen molar-refractivity contribution in [3.8, 4) is 11.3 Å². The highest BCUT2D eigenvalue weighted by Crippen LogP contribution is 2.40. The first-order chi connectivity index (χ1) is 14.1. The molecule has 2 amide bonds. The van der Waals surface area contributed by atoms with Crippen LogP contribution in [0.2, 0.25) is 0 Å². The normalized spacial score (nSPS) is 16.5. The Bertz CT molecular complexity index is 1120. The number of aromatic amines is 1. The summed E-state index contributed by atoms with van der Waals surface area (Å²) in [5, 5.41) is 4.29. The number of rotatable bonds is 2. The highest BCUT2D eigenvalue weighted by Gasteiger charge is 2.31. The van der Waals surface area contributed by atoms with Crippen molar-refractivity contribution in [2.45, 2.75) is 6.42 Å². The Balaban J connectivity index is 1.57. The molecule has 148 valence electrons. The minimum atomic E-state index is -0.0550. The molecule has 0 bridgehead atoms. The predicted molar refractivity (Wildman–Crippen MR) is 117 cm³/mol. The van der Waals surface area contributed by atoms with Gasteiger partial charge in [0.25, 0.3) is 0 Å². The predicted octanol–water partition coefficient (Wildman–Crippen LogP) is 2.92. The highest BCUT2D eigenvalue weighted by atomic mass is 79.9. The minimum Gasteiger partial charge on any atom is -0.354 e. The molecule has 6 nitrogen and oxygen atoms in total. The monoisotopic (exact) mass is 452 g/mol. The number of nitrogens with one attached hydrogen (secondary N) is 2. The topological polar surface area (TPSA) is 68.4 Å². The molecule has 2 aliphatic heterocycles. The van der Waals surface area contributed by atoms with Crippen LogP contribution in [-0.2, 0) is 16.0 Å². The van der Waals surface area contributed by atoms with Gasteiger partial charge in [0.15, 0.2) is 0 Å². The zero-order chi connectivity index (χ0) is 20.0. The van der Waals surface area contributed by atoms with E-state index in [0.717, 1.165) is 51.0 Å². The molecule has 0 unspecified atom stereocenters. The third-order valence-corrected chi connectivity index (χ3v) is 6.22. The Morgan fingerprint density at radius 1 is 1.10 bits per heavy atom. The number of halogens is 1. The second-order valence-corrected chi connectivity index (χ2v) is 8.39. The number of hydrogen-bond acceptors (Lipinski definition) is 3. The van der Waals surface area contributed by atoms with Crippen LogP contribution in [-0.4, -0.2) is 54.4 Å². The van der Waals surface area contributed by atoms with Crippen LogP contribution < -0.4 is 10.2 Å². The van der Waals surface area contributed by atoms with E-state index in [-0.39, 0.29) is 24.8 Å². The van der Waals surface area contributed by atoms with Crippen molar-refractivity contribution >= 4 is 44.3 Å². The van der Waals surface area contributed by atoms with Gasteiger partial charge < -0.3 is 20.1 Å². The van der Waals surface area contributed by atoms with Crippen LogP contribution in [0, 0.1) is 0 Å². The molecule has 1 aromatic heterocycles. The van der Waals surface area contributed by atoms with Gasteiger partial charge in [0.2, 0.25) is 11.8 Å². The van der Waals surface area contributed by atoms with Crippen molar-refractivity contribution in [3.63, 3.8) is 0 Å². The molecular formula is C22H21BrN4O2. The summed E-state index contributed by atoms with van der Waals surface area (Å²) >= 11 is 3.54. The fourth-order valence-electron chi connectivity index (χ4n) is 4.26. The summed E-state index contributed by atoms with van der Waals surface area (Å²) in [6, 6.07) is 13.9. The Morgan fingerprint density at radius 2 is 1.90 bits per heavy atom. The zero-order valence-corrected chi connectivity index (χ0v) is 17.5. The molecule has 2 aliphatic rings. The molecule has 3 aromatic rings. The molecule has 0 aliphatic carbocycles. The maximum absolute atomic E-state index is 13.3. The molecule has 7 heteroatoms. The second-order valence-electron chi connectivity index (χ2n) is 7.47. The number of nitrogens with zero attached hydrogens (tertiary/aromatic N) is 2. The summed E-state index contributed by atoms with van der Waals surface area (Å²) in [6.45, 7) is 3.02. The summed E-state index contributed by atoms with van der Waals surface area (Å²) in [5.41, 5.74) is 4.68. The molecule has 1 saturated heterocycles. The zero-order valence-electron chi connectivity index (χ0n) is 15.9. The van der Waals surface area contributed by atoms with Crippen LogP contribution in [0.5, 0.6) is 0 Å². The number of carbonyl (C=O) groups excluding carboxylic acids is 2. The molecule has 0 spiro atoms. The number of anilines is 1. The van der Waals surface area contributed by atoms with E-state index in [1.807, 2.05) is 47.4 Å². The van der Waals surface area contributed by atoms with E-state index in [4.69, 9.17) is 0 Å². The number of para-hydroxylation sites is 1. The SMILES string of the molecule is O=C(CN1C(=O)Cc2c([nH]c3ccc(Br)cc23)-c2ccccc21)N1CCNCC1. The van der Waals surface area contributed by atoms with Gasteiger partial charge in [-0.25, -0.2) is 0 Å². The van der Waals surface area contributed by atoms with Gasteiger partial charge in [-0.3, -0.25) is 9.59 Å². The molecule has 5 rings (SSSR count). The van der Waals surface area contributed by atoms with Crippen molar-refractivity contribution in [1.29, 1.82) is 0 Å². The smallest absolute Gasteiger partial charge is 0.242 e. The van der Waals surface area contributed by atoms with Gasteiger partial charge in [0, 0.05) is 47.1 Å². The van der Waals surface area contributed by atoms with Crippen molar-refractivity contribution in [2.24, 2.45) is 0 Å². The molecule has 1 fully saturated rings. The molecule has 3 heterocycles. The maximum atomic E-state index is 13.3. The lowest BCUT2D eigenvalue weighted by Crippen LogP contribution is -2.50. The van der Waals surface area contributed by atoms with Crippen LogP contribution in [0.4, 0.5) is 5.69 Å². The largest absolute Gasteiger partial charge is 0.354 e. The molecule has 0 radical (unpaired) electrons. The summed E-state index contributed by atoms with van der Waals surface area (Å²) in [7, 11) is 0. The van der Waals surface area contributed by atoms with E-state index in [9.17, 15) is 9.59 Å². The quantitative estimate of drug-likeness (QED) is 0.627. The van der Waals surface area contributed by atoms with Crippen LogP contribution >= 0.6 is 15.9 Å². The van der Waals surface area contributed by atoms with Crippen molar-refractivity contribution < 1.29 is 9.59 Å². The third kappa shape index (κ3) is 3.24. The summed E-state index contributed by atoms with van der Waals surface area (Å²) in [4.78, 5) is 33.2. The minimum absolute atomic E-state index is 0.00665. The number of benzene rings is 2. The van der Waals surface area contributed by atoms with Crippen LogP contribution in [0.1, 0.15) is 5.56 Å². The average molecular weight is 453 g/mol. The number of piperazine rings is 1. The Morgan fingerprint density at radius 3 is 2.72 bits per heavy atom. The van der Waals surface area contributed by atoms with Crippen LogP contribution in [0.25, 0.3) is 22.2 Å². The molecule has 2 N–H and O–H groups in total. The number of hydrogen-bond donors (Lipinski definition) is 2. The fourth-order valence-corrected chi connectivity index (χ4v) is 4.62. The molecule has 0 saturated carbocycles. The summed E-state index contributed by atoms with van der Waals surface area (Å²) in [5.74, 6) is -0.0617. The lowest BCUT2D eigenvalue weighted by molar-refractivity contribution is -0.131. The summed E-state index contributed by atoms with van der Waals surface area (Å²) < 4.78 is 0.975. The van der Waals surface area contributed by atoms with Gasteiger partial charge in [0.1, 0.15) is 6.54 Å². The van der Waals surface area contributed by atoms with E-state index in [0.29, 0.717) is 13.1 Å². The number of fused-ring (bicyclic) bond motifs is 5. The number of carbonyl (C=O) groups is 2. The molecule has 2 aromatic carbocycles. The van der Waals surface area contributed by atoms with E-state index in [1.54, 1.807) is 4.90 Å². The van der Waals surface area contributed by atoms with Gasteiger partial charge in [-0.05, 0) is 29.8 Å². The second kappa shape index (κ2) is 7.31. The van der Waals surface area contributed by atoms with Gasteiger partial charge in [-0.1, -0.05) is 34.1 Å². The third-order valence-electron chi connectivity index (χ3n) is 5.72. The van der Waals surface area contributed by atoms with Gasteiger partial charge in [-0.2, -0.15) is 0 Å². The Kier molecular flexibility index (Phi) is 4.64. The highest BCUT2D eigenvalue weighted by molar-refractivity contribution is 9.10. The van der Waals surface area contributed by atoms with Crippen LogP contribution in [0.3, 0.4) is 0 Å². The lowest BCUT2D eigenvalue weighted by Gasteiger charge is -2.30. The van der Waals surface area contributed by atoms with E-state index < -0.39 is 0 Å². The average Bonchev–Trinajstić information content (AvgIpc) is 3.04. The van der Waals surface area contributed by atoms with E-state index in [2.05, 4.69) is 26.2 Å². The van der Waals surface area contributed by atoms with Gasteiger partial charge in [0.05, 0.1) is 17.8 Å². The van der Waals surface area contributed by atoms with Crippen molar-refractivity contribution in [2.75, 3.05) is 37.6 Å². The Hall–Kier alpha value is -2.64. The van der Waals surface area contributed by atoms with Crippen LogP contribution in [0.15, 0.2) is 46.9 Å². The summed E-state index contributed by atoms with van der Waals surface area (Å²) in [6.07, 6.45) is 0.259. The molecular weight excluding hydrogens is 432 g/mol. The number of aromatic nitrogens is 1. The molecule has 29 heavy (non-hydrogen) atoms. The first-order valence-corrected chi connectivity index (χ1v) is 10.6. The maximum Gasteiger partial charge on any atom is 0.242 e. The number of amides is 2. The first-order valence-electron chi connectivity index (χ1n) is 9.80. The van der Waals surface area contributed by atoms with Gasteiger partial charge in [-0.15, -0.1) is 0 Å². The lowest BCUT2D eigenvalue weighted by atomic mass is 10.0. The van der Waals surface area contributed by atoms with Crippen molar-refractivity contribution in [3.05, 3.63) is 52.5 Å². The first kappa shape index (κ1) is 18.4. The van der Waals surface area contributed by atoms with Gasteiger partial charge >= 0.3 is 0 Å². The molecule has 0 atom stereocenters.